The summed E-state index contributed by atoms with van der Waals surface area (Å²) in [6, 6.07) is 10.6. The lowest BCUT2D eigenvalue weighted by Crippen LogP contribution is -2.35. The standard InChI is InChI=1S/C26H24BClF2N4O5S/c1-31-26(35)22-20-11-18(14-3-4-14)21(13-33(20)32-25(22)15-5-8-17(28)9-6-15)34(40(2,38)39)12-16-7-10-19(27(36)37)24(30)23(16)29/h5-11,13-14,36-37H,3-4,12H2,1-2H3,(H,31,35). The second-order valence-electron chi connectivity index (χ2n) is 9.61. The zero-order valence-corrected chi connectivity index (χ0v) is 23.0. The van der Waals surface area contributed by atoms with Crippen LogP contribution in [0.4, 0.5) is 14.5 Å². The molecule has 208 valence electrons. The highest BCUT2D eigenvalue weighted by Gasteiger charge is 2.34. The Kier molecular flexibility index (Phi) is 7.34. The molecule has 40 heavy (non-hydrogen) atoms. The first-order valence-corrected chi connectivity index (χ1v) is 14.5. The van der Waals surface area contributed by atoms with Crippen LogP contribution in [0, 0.1) is 11.6 Å². The van der Waals surface area contributed by atoms with Gasteiger partial charge in [0.05, 0.1) is 35.8 Å². The highest BCUT2D eigenvalue weighted by Crippen LogP contribution is 2.46. The van der Waals surface area contributed by atoms with Crippen LogP contribution in [0.5, 0.6) is 0 Å². The van der Waals surface area contributed by atoms with E-state index in [1.807, 2.05) is 0 Å². The van der Waals surface area contributed by atoms with Crippen molar-refractivity contribution in [2.24, 2.45) is 0 Å². The molecule has 9 nitrogen and oxygen atoms in total. The monoisotopic (exact) mass is 588 g/mol. The van der Waals surface area contributed by atoms with E-state index in [9.17, 15) is 32.0 Å². The largest absolute Gasteiger partial charge is 0.491 e. The van der Waals surface area contributed by atoms with Gasteiger partial charge in [-0.2, -0.15) is 5.10 Å². The summed E-state index contributed by atoms with van der Waals surface area (Å²) in [6.45, 7) is -0.567. The molecule has 0 radical (unpaired) electrons. The first kappa shape index (κ1) is 28.0. The van der Waals surface area contributed by atoms with Crippen LogP contribution < -0.4 is 15.1 Å². The molecule has 2 aromatic heterocycles. The summed E-state index contributed by atoms with van der Waals surface area (Å²) in [4.78, 5) is 13.0. The van der Waals surface area contributed by atoms with E-state index in [1.54, 1.807) is 30.3 Å². The topological polar surface area (TPSA) is 124 Å². The van der Waals surface area contributed by atoms with E-state index in [0.717, 1.165) is 35.5 Å². The van der Waals surface area contributed by atoms with E-state index >= 15 is 0 Å². The van der Waals surface area contributed by atoms with Crippen molar-refractivity contribution in [3.8, 4) is 11.3 Å². The number of nitrogens with one attached hydrogen (secondary N) is 1. The van der Waals surface area contributed by atoms with Crippen LogP contribution in [0.25, 0.3) is 16.8 Å². The molecule has 1 aliphatic rings. The van der Waals surface area contributed by atoms with E-state index in [4.69, 9.17) is 11.6 Å². The molecular weight excluding hydrogens is 565 g/mol. The second-order valence-corrected chi connectivity index (χ2v) is 12.0. The molecule has 1 aliphatic carbocycles. The predicted molar refractivity (Wildman–Crippen MR) is 148 cm³/mol. The number of nitrogens with zero attached hydrogens (tertiary/aromatic N) is 3. The van der Waals surface area contributed by atoms with E-state index in [0.29, 0.717) is 27.4 Å². The summed E-state index contributed by atoms with van der Waals surface area (Å²) in [5.41, 5.74) is 1.56. The van der Waals surface area contributed by atoms with Gasteiger partial charge in [-0.15, -0.1) is 0 Å². The summed E-state index contributed by atoms with van der Waals surface area (Å²) in [6.07, 6.45) is 3.98. The molecule has 1 amide bonds. The van der Waals surface area contributed by atoms with Gasteiger partial charge in [0, 0.05) is 28.7 Å². The maximum absolute atomic E-state index is 14.9. The summed E-state index contributed by atoms with van der Waals surface area (Å²) in [5, 5.41) is 26.3. The predicted octanol–water partition coefficient (Wildman–Crippen LogP) is 2.82. The van der Waals surface area contributed by atoms with Gasteiger partial charge in [-0.05, 0) is 42.5 Å². The van der Waals surface area contributed by atoms with Crippen LogP contribution in [0.2, 0.25) is 5.02 Å². The molecule has 14 heteroatoms. The van der Waals surface area contributed by atoms with Crippen molar-refractivity contribution in [1.29, 1.82) is 0 Å². The smallest absolute Gasteiger partial charge is 0.423 e. The fourth-order valence-corrected chi connectivity index (χ4v) is 5.66. The van der Waals surface area contributed by atoms with Crippen molar-refractivity contribution in [3.63, 3.8) is 0 Å². The third kappa shape index (κ3) is 5.17. The second kappa shape index (κ2) is 10.5. The first-order chi connectivity index (χ1) is 18.9. The Morgan fingerprint density at radius 2 is 1.85 bits per heavy atom. The third-order valence-corrected chi connectivity index (χ3v) is 8.20. The number of pyridine rings is 1. The lowest BCUT2D eigenvalue weighted by molar-refractivity contribution is 0.0965. The van der Waals surface area contributed by atoms with E-state index in [2.05, 4.69) is 10.4 Å². The summed E-state index contributed by atoms with van der Waals surface area (Å²) < 4.78 is 57.9. The highest BCUT2D eigenvalue weighted by atomic mass is 35.5. The van der Waals surface area contributed by atoms with Gasteiger partial charge in [0.1, 0.15) is 5.69 Å². The number of benzene rings is 2. The molecule has 3 N–H and O–H groups in total. The van der Waals surface area contributed by atoms with Gasteiger partial charge in [0.15, 0.2) is 11.6 Å². The van der Waals surface area contributed by atoms with Crippen LogP contribution in [0.3, 0.4) is 0 Å². The normalized spacial score (nSPS) is 13.5. The molecule has 5 rings (SSSR count). The minimum Gasteiger partial charge on any atom is -0.423 e. The molecular formula is C26H24BClF2N4O5S. The Balaban J connectivity index is 1.71. The first-order valence-electron chi connectivity index (χ1n) is 12.3. The lowest BCUT2D eigenvalue weighted by atomic mass is 9.79. The van der Waals surface area contributed by atoms with Gasteiger partial charge >= 0.3 is 7.12 Å². The third-order valence-electron chi connectivity index (χ3n) is 6.82. The van der Waals surface area contributed by atoms with Gasteiger partial charge in [-0.3, -0.25) is 9.10 Å². The van der Waals surface area contributed by atoms with Crippen LogP contribution in [0.15, 0.2) is 48.7 Å². The molecule has 4 aromatic rings. The van der Waals surface area contributed by atoms with Crippen molar-refractivity contribution in [1.82, 2.24) is 14.9 Å². The van der Waals surface area contributed by atoms with Crippen LogP contribution in [-0.4, -0.2) is 54.4 Å². The number of rotatable bonds is 8. The lowest BCUT2D eigenvalue weighted by Gasteiger charge is -2.26. The Labute approximate surface area is 234 Å². The number of sulfonamides is 1. The molecule has 1 fully saturated rings. The van der Waals surface area contributed by atoms with Crippen LogP contribution >= 0.6 is 11.6 Å². The molecule has 2 aromatic carbocycles. The average Bonchev–Trinajstić information content (AvgIpc) is 3.68. The molecule has 0 unspecified atom stereocenters. The minimum atomic E-state index is -4.04. The number of carbonyl (C=O) groups is 1. The Morgan fingerprint density at radius 3 is 2.42 bits per heavy atom. The molecule has 1 saturated carbocycles. The van der Waals surface area contributed by atoms with Gasteiger partial charge in [-0.25, -0.2) is 21.7 Å². The Morgan fingerprint density at radius 1 is 1.18 bits per heavy atom. The number of fused-ring (bicyclic) bond motifs is 1. The number of hydrogen-bond donors (Lipinski definition) is 3. The minimum absolute atomic E-state index is 0.0100. The maximum atomic E-state index is 14.9. The molecule has 0 atom stereocenters. The quantitative estimate of drug-likeness (QED) is 0.272. The zero-order chi connectivity index (χ0) is 28.9. The molecule has 0 saturated heterocycles. The zero-order valence-electron chi connectivity index (χ0n) is 21.4. The number of anilines is 1. The number of aromatic nitrogens is 2. The Hall–Kier alpha value is -3.52. The van der Waals surface area contributed by atoms with Crippen molar-refractivity contribution < 1.29 is 32.0 Å². The van der Waals surface area contributed by atoms with E-state index in [1.165, 1.54) is 17.8 Å². The summed E-state index contributed by atoms with van der Waals surface area (Å²) >= 11 is 6.04. The van der Waals surface area contributed by atoms with Crippen molar-refractivity contribution in [2.75, 3.05) is 17.6 Å². The van der Waals surface area contributed by atoms with Crippen LogP contribution in [-0.2, 0) is 16.6 Å². The molecule has 0 bridgehead atoms. The highest BCUT2D eigenvalue weighted by molar-refractivity contribution is 7.92. The molecule has 2 heterocycles. The van der Waals surface area contributed by atoms with Crippen molar-refractivity contribution in [2.45, 2.75) is 25.3 Å². The molecule has 0 aliphatic heterocycles. The van der Waals surface area contributed by atoms with Gasteiger partial charge in [0.25, 0.3) is 5.91 Å². The van der Waals surface area contributed by atoms with Crippen LogP contribution in [0.1, 0.15) is 40.2 Å². The average molecular weight is 589 g/mol. The van der Waals surface area contributed by atoms with Gasteiger partial charge in [-0.1, -0.05) is 35.9 Å². The van der Waals surface area contributed by atoms with Crippen molar-refractivity contribution >= 4 is 51.3 Å². The number of carbonyl (C=O) groups excluding carboxylic acids is 1. The Bertz CT molecular complexity index is 1740. The number of halogens is 3. The number of amides is 1. The summed E-state index contributed by atoms with van der Waals surface area (Å²) in [5.74, 6) is -3.27. The van der Waals surface area contributed by atoms with E-state index < -0.39 is 46.7 Å². The molecule has 0 spiro atoms. The fraction of sp³-hybridized carbons (Fsp3) is 0.231. The number of hydrogen-bond acceptors (Lipinski definition) is 6. The van der Waals surface area contributed by atoms with Gasteiger partial charge in [0.2, 0.25) is 10.0 Å². The summed E-state index contributed by atoms with van der Waals surface area (Å²) in [7, 11) is -4.78. The fourth-order valence-electron chi connectivity index (χ4n) is 4.65. The van der Waals surface area contributed by atoms with E-state index in [-0.39, 0.29) is 22.7 Å². The van der Waals surface area contributed by atoms with Gasteiger partial charge < -0.3 is 15.4 Å². The maximum Gasteiger partial charge on any atom is 0.491 e. The van der Waals surface area contributed by atoms with Crippen molar-refractivity contribution in [3.05, 3.63) is 82.0 Å². The SMILES string of the molecule is CNC(=O)c1c(-c2ccc(Cl)cc2)nn2cc(N(Cc3ccc(B(O)O)c(F)c3F)S(C)(=O)=O)c(C3CC3)cc12.